The molecule has 0 aliphatic carbocycles. The van der Waals surface area contributed by atoms with Gasteiger partial charge in [0.05, 0.1) is 13.2 Å². The van der Waals surface area contributed by atoms with E-state index >= 15 is 0 Å². The van der Waals surface area contributed by atoms with Crippen molar-refractivity contribution < 1.29 is 18.7 Å². The molecule has 222 valence electrons. The summed E-state index contributed by atoms with van der Waals surface area (Å²) in [7, 11) is 3.61. The molecule has 40 heavy (non-hydrogen) atoms. The van der Waals surface area contributed by atoms with Gasteiger partial charge in [-0.25, -0.2) is 9.97 Å². The standard InChI is InChI=1S/C13H15N3O3.C9H18O.C7H10N2.C2H6/c1-14-12-10(8-17)19-9-2-3-11(15-13(9)12)16-4-6-18-7-5-16;1-4-9(7-10)6-5-8(2)3;1-6-3-4-7(8-2)9-5-6;1-2/h2-3,8,14H,4-7H2,1H3;7-9H,4-6H2,1-3H3;3-5H,1-2H3,(H,8,9);1-2H3/t;9-;;/m.1../s1. The lowest BCUT2D eigenvalue weighted by Gasteiger charge is -2.27. The fourth-order valence-corrected chi connectivity index (χ4v) is 3.81. The Morgan fingerprint density at radius 2 is 1.73 bits per heavy atom. The first-order valence-electron chi connectivity index (χ1n) is 14.3. The molecule has 2 N–H and O–H groups in total. The smallest absolute Gasteiger partial charge is 0.192 e. The summed E-state index contributed by atoms with van der Waals surface area (Å²) in [5, 5.41) is 5.91. The van der Waals surface area contributed by atoms with Gasteiger partial charge in [0.15, 0.2) is 17.6 Å². The van der Waals surface area contributed by atoms with Crippen molar-refractivity contribution in [1.29, 1.82) is 0 Å². The minimum atomic E-state index is 0.282. The quantitative estimate of drug-likeness (QED) is 0.281. The number of carbonyl (C=O) groups is 2. The number of aldehydes is 2. The van der Waals surface area contributed by atoms with E-state index in [-0.39, 0.29) is 5.76 Å². The number of morpholine rings is 1. The van der Waals surface area contributed by atoms with Crippen molar-refractivity contribution in [2.75, 3.05) is 55.9 Å². The van der Waals surface area contributed by atoms with Crippen molar-refractivity contribution in [3.05, 3.63) is 41.8 Å². The second kappa shape index (κ2) is 19.6. The van der Waals surface area contributed by atoms with E-state index in [4.69, 9.17) is 9.15 Å². The summed E-state index contributed by atoms with van der Waals surface area (Å²) >= 11 is 0. The maximum Gasteiger partial charge on any atom is 0.192 e. The molecule has 9 heteroatoms. The van der Waals surface area contributed by atoms with Crippen LogP contribution in [0.4, 0.5) is 17.3 Å². The van der Waals surface area contributed by atoms with Gasteiger partial charge in [-0.15, -0.1) is 0 Å². The van der Waals surface area contributed by atoms with Crippen LogP contribution in [0.5, 0.6) is 0 Å². The highest BCUT2D eigenvalue weighted by Gasteiger charge is 2.17. The van der Waals surface area contributed by atoms with Gasteiger partial charge in [0.2, 0.25) is 0 Å². The van der Waals surface area contributed by atoms with E-state index < -0.39 is 0 Å². The number of hydrogen-bond donors (Lipinski definition) is 2. The number of aromatic nitrogens is 2. The Morgan fingerprint density at radius 3 is 2.23 bits per heavy atom. The number of anilines is 3. The van der Waals surface area contributed by atoms with Gasteiger partial charge < -0.3 is 29.5 Å². The van der Waals surface area contributed by atoms with Crippen LogP contribution in [0.1, 0.15) is 70.0 Å². The molecule has 0 amide bonds. The van der Waals surface area contributed by atoms with Crippen LogP contribution in [-0.2, 0) is 9.53 Å². The van der Waals surface area contributed by atoms with Crippen LogP contribution in [0.15, 0.2) is 34.9 Å². The third kappa shape index (κ3) is 11.3. The summed E-state index contributed by atoms with van der Waals surface area (Å²) in [6.07, 6.45) is 6.86. The van der Waals surface area contributed by atoms with Crippen molar-refractivity contribution in [2.45, 2.75) is 60.8 Å². The maximum absolute atomic E-state index is 11.0. The SMILES string of the molecule is CC.CC[C@@H](C=O)CCC(C)C.CNc1c(C=O)oc2ccc(N3CCOCC3)nc12.CNc1ccc(C)cn1. The molecule has 1 saturated heterocycles. The molecule has 3 aromatic heterocycles. The second-order valence-electron chi connectivity index (χ2n) is 9.57. The molecule has 9 nitrogen and oxygen atoms in total. The van der Waals surface area contributed by atoms with Gasteiger partial charge in [0, 0.05) is 39.3 Å². The van der Waals surface area contributed by atoms with E-state index in [9.17, 15) is 9.59 Å². The normalized spacial score (nSPS) is 13.1. The molecular formula is C31H49N5O4. The lowest BCUT2D eigenvalue weighted by Crippen LogP contribution is -2.36. The molecule has 1 aliphatic rings. The number of furan rings is 1. The molecule has 0 unspecified atom stereocenters. The summed E-state index contributed by atoms with van der Waals surface area (Å²) in [4.78, 5) is 32.1. The third-order valence-electron chi connectivity index (χ3n) is 6.24. The third-order valence-corrected chi connectivity index (χ3v) is 6.24. The summed E-state index contributed by atoms with van der Waals surface area (Å²) in [6.45, 7) is 15.5. The Balaban J connectivity index is 0.000000323. The van der Waals surface area contributed by atoms with Gasteiger partial charge in [-0.05, 0) is 49.4 Å². The number of aryl methyl sites for hydroxylation is 1. The number of nitrogens with one attached hydrogen (secondary N) is 2. The van der Waals surface area contributed by atoms with E-state index in [1.807, 2.05) is 58.3 Å². The Hall–Kier alpha value is -3.46. The molecule has 4 rings (SSSR count). The molecule has 0 spiro atoms. The van der Waals surface area contributed by atoms with Crippen molar-refractivity contribution >= 4 is 41.0 Å². The summed E-state index contributed by atoms with van der Waals surface area (Å²) < 4.78 is 10.8. The summed E-state index contributed by atoms with van der Waals surface area (Å²) in [5.74, 6) is 3.12. The Kier molecular flexibility index (Phi) is 16.9. The minimum Gasteiger partial charge on any atom is -0.449 e. The zero-order chi connectivity index (χ0) is 29.9. The fourth-order valence-electron chi connectivity index (χ4n) is 3.81. The molecule has 3 aromatic rings. The van der Waals surface area contributed by atoms with E-state index in [0.29, 0.717) is 42.2 Å². The van der Waals surface area contributed by atoms with E-state index in [0.717, 1.165) is 49.8 Å². The number of rotatable bonds is 9. The largest absolute Gasteiger partial charge is 0.449 e. The first-order chi connectivity index (χ1) is 19.4. The number of nitrogens with zero attached hydrogens (tertiary/aromatic N) is 3. The second-order valence-corrected chi connectivity index (χ2v) is 9.57. The topological polar surface area (TPSA) is 110 Å². The lowest BCUT2D eigenvalue weighted by atomic mass is 9.97. The van der Waals surface area contributed by atoms with Crippen molar-refractivity contribution in [3.8, 4) is 0 Å². The number of pyridine rings is 2. The first kappa shape index (κ1) is 34.6. The van der Waals surface area contributed by atoms with Gasteiger partial charge >= 0.3 is 0 Å². The molecule has 0 aromatic carbocycles. The fraction of sp³-hybridized carbons (Fsp3) is 0.548. The number of fused-ring (bicyclic) bond motifs is 1. The van der Waals surface area contributed by atoms with Crippen LogP contribution in [0.25, 0.3) is 11.1 Å². The van der Waals surface area contributed by atoms with Gasteiger partial charge in [-0.3, -0.25) is 4.79 Å². The van der Waals surface area contributed by atoms with Crippen molar-refractivity contribution in [1.82, 2.24) is 9.97 Å². The van der Waals surface area contributed by atoms with Crippen LogP contribution in [0.3, 0.4) is 0 Å². The molecule has 4 heterocycles. The van der Waals surface area contributed by atoms with Crippen LogP contribution in [0, 0.1) is 18.8 Å². The van der Waals surface area contributed by atoms with Crippen LogP contribution >= 0.6 is 0 Å². The molecule has 0 radical (unpaired) electrons. The molecule has 1 aliphatic heterocycles. The van der Waals surface area contributed by atoms with Gasteiger partial charge in [0.25, 0.3) is 0 Å². The van der Waals surface area contributed by atoms with Gasteiger partial charge in [0.1, 0.15) is 29.1 Å². The molecule has 0 bridgehead atoms. The predicted octanol–water partition coefficient (Wildman–Crippen LogP) is 6.62. The number of carbonyl (C=O) groups excluding carboxylic acids is 2. The van der Waals surface area contributed by atoms with Crippen molar-refractivity contribution in [3.63, 3.8) is 0 Å². The highest BCUT2D eigenvalue weighted by atomic mass is 16.5. The molecule has 1 fully saturated rings. The van der Waals surface area contributed by atoms with Gasteiger partial charge in [-0.1, -0.05) is 47.1 Å². The molecule has 1 atom stereocenters. The highest BCUT2D eigenvalue weighted by Crippen LogP contribution is 2.30. The Bertz CT molecular complexity index is 1110. The Morgan fingerprint density at radius 1 is 1.02 bits per heavy atom. The Labute approximate surface area is 240 Å². The maximum atomic E-state index is 11.0. The summed E-state index contributed by atoms with van der Waals surface area (Å²) in [6, 6.07) is 7.74. The molecular weight excluding hydrogens is 506 g/mol. The van der Waals surface area contributed by atoms with Gasteiger partial charge in [-0.2, -0.15) is 0 Å². The van der Waals surface area contributed by atoms with Crippen LogP contribution in [-0.4, -0.2) is 62.9 Å². The molecule has 0 saturated carbocycles. The highest BCUT2D eigenvalue weighted by molar-refractivity contribution is 5.97. The number of ether oxygens (including phenoxy) is 1. The zero-order valence-corrected chi connectivity index (χ0v) is 25.6. The lowest BCUT2D eigenvalue weighted by molar-refractivity contribution is -0.111. The van der Waals surface area contributed by atoms with Crippen LogP contribution < -0.4 is 15.5 Å². The van der Waals surface area contributed by atoms with Crippen LogP contribution in [0.2, 0.25) is 0 Å². The summed E-state index contributed by atoms with van der Waals surface area (Å²) in [5.41, 5.74) is 3.13. The zero-order valence-electron chi connectivity index (χ0n) is 25.6. The van der Waals surface area contributed by atoms with E-state index in [2.05, 4.69) is 46.3 Å². The average molecular weight is 556 g/mol. The van der Waals surface area contributed by atoms with E-state index in [1.165, 1.54) is 12.0 Å². The monoisotopic (exact) mass is 555 g/mol. The first-order valence-corrected chi connectivity index (χ1v) is 14.3. The number of hydrogen-bond acceptors (Lipinski definition) is 9. The minimum absolute atomic E-state index is 0.282. The van der Waals surface area contributed by atoms with E-state index in [1.54, 1.807) is 7.05 Å². The van der Waals surface area contributed by atoms with Crippen molar-refractivity contribution in [2.24, 2.45) is 11.8 Å². The average Bonchev–Trinajstić information content (AvgIpc) is 3.37. The predicted molar refractivity (Wildman–Crippen MR) is 166 cm³/mol.